The summed E-state index contributed by atoms with van der Waals surface area (Å²) in [5.74, 6) is 0. The van der Waals surface area contributed by atoms with E-state index in [1.807, 2.05) is 4.57 Å². The van der Waals surface area contributed by atoms with E-state index in [0.717, 1.165) is 12.1 Å². The van der Waals surface area contributed by atoms with E-state index in [2.05, 4.69) is 15.6 Å². The average Bonchev–Trinajstić information content (AvgIpc) is 2.98. The lowest BCUT2D eigenvalue weighted by Crippen LogP contribution is -2.36. The van der Waals surface area contributed by atoms with Gasteiger partial charge in [0, 0.05) is 32.0 Å². The molecule has 2 amide bonds. The van der Waals surface area contributed by atoms with Crippen LogP contribution in [-0.2, 0) is 19.3 Å². The molecule has 2 aromatic rings. The number of alkyl halides is 3. The highest BCUT2D eigenvalue weighted by Gasteiger charge is 2.30. The lowest BCUT2D eigenvalue weighted by atomic mass is 10.0. The molecule has 0 aliphatic carbocycles. The highest BCUT2D eigenvalue weighted by molar-refractivity contribution is 5.73. The Kier molecular flexibility index (Phi) is 5.25. The third-order valence-electron chi connectivity index (χ3n) is 3.32. The first kappa shape index (κ1) is 16.9. The van der Waals surface area contributed by atoms with Crippen molar-refractivity contribution in [2.75, 3.05) is 6.54 Å². The second kappa shape index (κ2) is 7.17. The number of imidazole rings is 1. The summed E-state index contributed by atoms with van der Waals surface area (Å²) in [5, 5.41) is 5.29. The molecule has 8 heteroatoms. The van der Waals surface area contributed by atoms with Crippen LogP contribution in [0.25, 0.3) is 0 Å². The fraction of sp³-hybridized carbons (Fsp3) is 0.333. The third kappa shape index (κ3) is 5.01. The number of nitrogens with zero attached hydrogens (tertiary/aromatic N) is 2. The largest absolute Gasteiger partial charge is 0.416 e. The van der Waals surface area contributed by atoms with Crippen LogP contribution in [0.2, 0.25) is 0 Å². The van der Waals surface area contributed by atoms with Gasteiger partial charge in [0.05, 0.1) is 11.9 Å². The molecule has 1 heterocycles. The lowest BCUT2D eigenvalue weighted by Gasteiger charge is -2.12. The molecule has 23 heavy (non-hydrogen) atoms. The smallest absolute Gasteiger partial charge is 0.336 e. The SMILES string of the molecule is Cc1cc(C(F)(F)F)ccc1CNC(=O)NCCn1ccnc1. The van der Waals surface area contributed by atoms with Crippen molar-refractivity contribution in [3.05, 3.63) is 53.6 Å². The van der Waals surface area contributed by atoms with E-state index >= 15 is 0 Å². The summed E-state index contributed by atoms with van der Waals surface area (Å²) < 4.78 is 39.6. The van der Waals surface area contributed by atoms with Crippen LogP contribution in [0.1, 0.15) is 16.7 Å². The Balaban J connectivity index is 1.80. The van der Waals surface area contributed by atoms with Gasteiger partial charge in [-0.3, -0.25) is 0 Å². The van der Waals surface area contributed by atoms with Gasteiger partial charge in [-0.1, -0.05) is 6.07 Å². The molecule has 5 nitrogen and oxygen atoms in total. The molecule has 0 atom stereocenters. The number of aromatic nitrogens is 2. The van der Waals surface area contributed by atoms with Crippen molar-refractivity contribution in [2.45, 2.75) is 26.2 Å². The number of aryl methyl sites for hydroxylation is 1. The number of urea groups is 1. The molecule has 2 N–H and O–H groups in total. The molecule has 124 valence electrons. The van der Waals surface area contributed by atoms with Crippen molar-refractivity contribution >= 4 is 6.03 Å². The number of hydrogen-bond donors (Lipinski definition) is 2. The molecule has 0 radical (unpaired) electrons. The third-order valence-corrected chi connectivity index (χ3v) is 3.32. The van der Waals surface area contributed by atoms with Crippen LogP contribution in [-0.4, -0.2) is 22.1 Å². The Morgan fingerprint density at radius 2 is 2.09 bits per heavy atom. The van der Waals surface area contributed by atoms with Crippen molar-refractivity contribution in [3.63, 3.8) is 0 Å². The van der Waals surface area contributed by atoms with E-state index in [-0.39, 0.29) is 12.6 Å². The monoisotopic (exact) mass is 326 g/mol. The molecule has 0 bridgehead atoms. The summed E-state index contributed by atoms with van der Waals surface area (Å²) in [4.78, 5) is 15.5. The topological polar surface area (TPSA) is 59.0 Å². The van der Waals surface area contributed by atoms with Crippen molar-refractivity contribution in [3.8, 4) is 0 Å². The van der Waals surface area contributed by atoms with E-state index < -0.39 is 11.7 Å². The van der Waals surface area contributed by atoms with Gasteiger partial charge in [0.25, 0.3) is 0 Å². The first-order chi connectivity index (χ1) is 10.9. The molecular formula is C15H17F3N4O. The highest BCUT2D eigenvalue weighted by Crippen LogP contribution is 2.30. The number of rotatable bonds is 5. The minimum atomic E-state index is -4.36. The first-order valence-corrected chi connectivity index (χ1v) is 7.00. The molecular weight excluding hydrogens is 309 g/mol. The summed E-state index contributed by atoms with van der Waals surface area (Å²) in [6.07, 6.45) is 0.713. The van der Waals surface area contributed by atoms with Crippen molar-refractivity contribution < 1.29 is 18.0 Å². The van der Waals surface area contributed by atoms with Crippen LogP contribution in [0.15, 0.2) is 36.9 Å². The van der Waals surface area contributed by atoms with Crippen LogP contribution in [0.3, 0.4) is 0 Å². The first-order valence-electron chi connectivity index (χ1n) is 7.00. The number of amides is 2. The molecule has 1 aromatic heterocycles. The summed E-state index contributed by atoms with van der Waals surface area (Å²) in [6, 6.07) is 3.10. The Labute approximate surface area is 131 Å². The standard InChI is InChI=1S/C15H17F3N4O/c1-11-8-13(15(16,17)18)3-2-12(11)9-21-14(23)20-5-7-22-6-4-19-10-22/h2-4,6,8,10H,5,7,9H2,1H3,(H2,20,21,23). The van der Waals surface area contributed by atoms with Crippen molar-refractivity contribution in [1.82, 2.24) is 20.2 Å². The normalized spacial score (nSPS) is 11.3. The summed E-state index contributed by atoms with van der Waals surface area (Å²) >= 11 is 0. The lowest BCUT2D eigenvalue weighted by molar-refractivity contribution is -0.137. The van der Waals surface area contributed by atoms with Crippen molar-refractivity contribution in [2.24, 2.45) is 0 Å². The fourth-order valence-corrected chi connectivity index (χ4v) is 2.03. The molecule has 2 rings (SSSR count). The Bertz CT molecular complexity index is 653. The fourth-order valence-electron chi connectivity index (χ4n) is 2.03. The van der Waals surface area contributed by atoms with Gasteiger partial charge in [0.1, 0.15) is 0 Å². The second-order valence-electron chi connectivity index (χ2n) is 5.05. The van der Waals surface area contributed by atoms with Crippen LogP contribution >= 0.6 is 0 Å². The molecule has 0 aliphatic heterocycles. The van der Waals surface area contributed by atoms with Gasteiger partial charge in [-0.15, -0.1) is 0 Å². The van der Waals surface area contributed by atoms with Crippen LogP contribution < -0.4 is 10.6 Å². The number of hydrogen-bond acceptors (Lipinski definition) is 2. The number of benzene rings is 1. The summed E-state index contributed by atoms with van der Waals surface area (Å²) in [7, 11) is 0. The second-order valence-corrected chi connectivity index (χ2v) is 5.05. The number of halogens is 3. The van der Waals surface area contributed by atoms with Crippen molar-refractivity contribution in [1.29, 1.82) is 0 Å². The van der Waals surface area contributed by atoms with Gasteiger partial charge in [0.15, 0.2) is 0 Å². The molecule has 0 aliphatic rings. The predicted octanol–water partition coefficient (Wildman–Crippen LogP) is 2.71. The van der Waals surface area contributed by atoms with Gasteiger partial charge in [0.2, 0.25) is 0 Å². The van der Waals surface area contributed by atoms with E-state index in [1.54, 1.807) is 25.6 Å². The molecule has 0 saturated heterocycles. The number of carbonyl (C=O) groups excluding carboxylic acids is 1. The van der Waals surface area contributed by atoms with Gasteiger partial charge in [-0.05, 0) is 30.2 Å². The number of carbonyl (C=O) groups is 1. The quantitative estimate of drug-likeness (QED) is 0.887. The van der Waals surface area contributed by atoms with E-state index in [1.165, 1.54) is 6.07 Å². The summed E-state index contributed by atoms with van der Waals surface area (Å²) in [6.45, 7) is 2.77. The zero-order valence-corrected chi connectivity index (χ0v) is 12.5. The zero-order chi connectivity index (χ0) is 16.9. The van der Waals surface area contributed by atoms with Crippen LogP contribution in [0, 0.1) is 6.92 Å². The predicted molar refractivity (Wildman–Crippen MR) is 78.6 cm³/mol. The maximum atomic E-state index is 12.6. The maximum absolute atomic E-state index is 12.6. The zero-order valence-electron chi connectivity index (χ0n) is 12.5. The van der Waals surface area contributed by atoms with Gasteiger partial charge in [-0.25, -0.2) is 9.78 Å². The molecule has 1 aromatic carbocycles. The summed E-state index contributed by atoms with van der Waals surface area (Å²) in [5.41, 5.74) is 0.435. The van der Waals surface area contributed by atoms with E-state index in [4.69, 9.17) is 0 Å². The van der Waals surface area contributed by atoms with Gasteiger partial charge >= 0.3 is 12.2 Å². The Morgan fingerprint density at radius 1 is 1.30 bits per heavy atom. The minimum Gasteiger partial charge on any atom is -0.336 e. The minimum absolute atomic E-state index is 0.168. The molecule has 0 spiro atoms. The maximum Gasteiger partial charge on any atom is 0.416 e. The van der Waals surface area contributed by atoms with Gasteiger partial charge < -0.3 is 15.2 Å². The Morgan fingerprint density at radius 3 is 2.70 bits per heavy atom. The molecule has 0 fully saturated rings. The average molecular weight is 326 g/mol. The molecule has 0 unspecified atom stereocenters. The van der Waals surface area contributed by atoms with Gasteiger partial charge in [-0.2, -0.15) is 13.2 Å². The Hall–Kier alpha value is -2.51. The highest BCUT2D eigenvalue weighted by atomic mass is 19.4. The number of nitrogens with one attached hydrogen (secondary N) is 2. The van der Waals surface area contributed by atoms with Crippen LogP contribution in [0.5, 0.6) is 0 Å². The van der Waals surface area contributed by atoms with E-state index in [9.17, 15) is 18.0 Å². The van der Waals surface area contributed by atoms with E-state index in [0.29, 0.717) is 24.2 Å². The molecule has 0 saturated carbocycles. The van der Waals surface area contributed by atoms with Crippen LogP contribution in [0.4, 0.5) is 18.0 Å².